The predicted octanol–water partition coefficient (Wildman–Crippen LogP) is 4.03. The third-order valence-corrected chi connectivity index (χ3v) is 8.67. The van der Waals surface area contributed by atoms with Crippen molar-refractivity contribution in [1.82, 2.24) is 19.7 Å². The van der Waals surface area contributed by atoms with Crippen LogP contribution in [-0.4, -0.2) is 57.1 Å². The van der Waals surface area contributed by atoms with Crippen LogP contribution in [0.3, 0.4) is 0 Å². The quantitative estimate of drug-likeness (QED) is 0.661. The van der Waals surface area contributed by atoms with Crippen molar-refractivity contribution in [2.75, 3.05) is 26.3 Å². The van der Waals surface area contributed by atoms with Crippen molar-refractivity contribution >= 4 is 29.0 Å². The fraction of sp³-hybridized carbons (Fsp3) is 0.682. The van der Waals surface area contributed by atoms with E-state index in [2.05, 4.69) is 37.0 Å². The Bertz CT molecular complexity index is 909. The summed E-state index contributed by atoms with van der Waals surface area (Å²) in [4.78, 5) is 17.3. The van der Waals surface area contributed by atoms with E-state index in [-0.39, 0.29) is 11.2 Å². The molecule has 8 heteroatoms. The number of nitrogens with zero attached hydrogens (tertiary/aromatic N) is 4. The number of rotatable bonds is 4. The first-order chi connectivity index (χ1) is 14.2. The van der Waals surface area contributed by atoms with Crippen LogP contribution < -0.4 is 0 Å². The summed E-state index contributed by atoms with van der Waals surface area (Å²) in [6.07, 6.45) is 3.57. The minimum atomic E-state index is -0.192. The van der Waals surface area contributed by atoms with Gasteiger partial charge in [-0.15, -0.1) is 21.5 Å². The van der Waals surface area contributed by atoms with Crippen molar-refractivity contribution in [3.8, 4) is 10.7 Å². The number of thiophene rings is 1. The Labute approximate surface area is 187 Å². The highest BCUT2D eigenvalue weighted by atomic mass is 32.2. The van der Waals surface area contributed by atoms with Gasteiger partial charge in [-0.1, -0.05) is 32.5 Å². The molecule has 0 saturated carbocycles. The number of hydrogen-bond donors (Lipinski definition) is 0. The lowest BCUT2D eigenvalue weighted by atomic mass is 9.72. The van der Waals surface area contributed by atoms with Crippen LogP contribution in [0.1, 0.15) is 44.6 Å². The van der Waals surface area contributed by atoms with E-state index in [9.17, 15) is 4.79 Å². The number of morpholine rings is 1. The zero-order chi connectivity index (χ0) is 21.5. The van der Waals surface area contributed by atoms with Gasteiger partial charge in [-0.2, -0.15) is 0 Å². The summed E-state index contributed by atoms with van der Waals surface area (Å²) in [5.74, 6) is 1.77. The van der Waals surface area contributed by atoms with Crippen LogP contribution in [-0.2, 0) is 29.4 Å². The maximum Gasteiger partial charge on any atom is 0.236 e. The number of hydrogen-bond acceptors (Lipinski definition) is 6. The van der Waals surface area contributed by atoms with E-state index in [4.69, 9.17) is 4.74 Å². The van der Waals surface area contributed by atoms with Crippen LogP contribution in [0.15, 0.2) is 11.2 Å². The van der Waals surface area contributed by atoms with Gasteiger partial charge in [0.05, 0.1) is 23.3 Å². The van der Waals surface area contributed by atoms with Crippen LogP contribution in [0.5, 0.6) is 0 Å². The van der Waals surface area contributed by atoms with E-state index >= 15 is 0 Å². The number of thioether (sulfide) groups is 1. The molecule has 1 fully saturated rings. The van der Waals surface area contributed by atoms with Gasteiger partial charge in [0.2, 0.25) is 5.91 Å². The van der Waals surface area contributed by atoms with Crippen molar-refractivity contribution in [3.05, 3.63) is 16.5 Å². The number of ether oxygens (including phenoxy) is 1. The number of aryl methyl sites for hydroxylation is 1. The molecule has 0 aromatic carbocycles. The maximum absolute atomic E-state index is 12.7. The second-order valence-corrected chi connectivity index (χ2v) is 11.9. The molecule has 1 aliphatic carbocycles. The van der Waals surface area contributed by atoms with Crippen molar-refractivity contribution in [1.29, 1.82) is 0 Å². The summed E-state index contributed by atoms with van der Waals surface area (Å²) in [7, 11) is 2.00. The van der Waals surface area contributed by atoms with Gasteiger partial charge in [0.25, 0.3) is 0 Å². The standard InChI is InChI=1S/C22H32N4O2S2/c1-14(20(27)26-8-10-28-11-9-26)29-21-24-23-19(25(21)5)18-13-15-12-16(22(2,3)4)6-7-17(15)30-18/h13-14,16H,6-12H2,1-5H3. The third kappa shape index (κ3) is 4.46. The molecule has 2 aliphatic rings. The highest BCUT2D eigenvalue weighted by Gasteiger charge is 2.31. The van der Waals surface area contributed by atoms with Gasteiger partial charge in [-0.25, -0.2) is 0 Å². The first kappa shape index (κ1) is 21.8. The molecule has 2 atom stereocenters. The normalized spacial score (nSPS) is 20.8. The summed E-state index contributed by atoms with van der Waals surface area (Å²) in [5.41, 5.74) is 1.83. The Kier molecular flexibility index (Phi) is 6.28. The van der Waals surface area contributed by atoms with Crippen LogP contribution in [0, 0.1) is 11.3 Å². The molecule has 6 nitrogen and oxygen atoms in total. The Morgan fingerprint density at radius 3 is 2.73 bits per heavy atom. The first-order valence-corrected chi connectivity index (χ1v) is 12.5. The molecule has 0 spiro atoms. The van der Waals surface area contributed by atoms with E-state index in [1.165, 1.54) is 33.5 Å². The molecule has 30 heavy (non-hydrogen) atoms. The average Bonchev–Trinajstić information content (AvgIpc) is 3.30. The van der Waals surface area contributed by atoms with Gasteiger partial charge in [0.1, 0.15) is 0 Å². The number of carbonyl (C=O) groups excluding carboxylic acids is 1. The summed E-state index contributed by atoms with van der Waals surface area (Å²) in [6.45, 7) is 11.6. The smallest absolute Gasteiger partial charge is 0.236 e. The summed E-state index contributed by atoms with van der Waals surface area (Å²) < 4.78 is 7.39. The average molecular weight is 449 g/mol. The van der Waals surface area contributed by atoms with Crippen molar-refractivity contribution < 1.29 is 9.53 Å². The van der Waals surface area contributed by atoms with Gasteiger partial charge in [0, 0.05) is 25.0 Å². The Morgan fingerprint density at radius 2 is 2.03 bits per heavy atom. The molecule has 3 heterocycles. The third-order valence-electron chi connectivity index (χ3n) is 6.32. The van der Waals surface area contributed by atoms with Crippen molar-refractivity contribution in [2.45, 2.75) is 57.4 Å². The molecule has 1 saturated heterocycles. The lowest BCUT2D eigenvalue weighted by Crippen LogP contribution is -2.44. The number of fused-ring (bicyclic) bond motifs is 1. The fourth-order valence-electron chi connectivity index (χ4n) is 4.25. The molecular formula is C22H32N4O2S2. The second kappa shape index (κ2) is 8.63. The Morgan fingerprint density at radius 1 is 1.30 bits per heavy atom. The lowest BCUT2D eigenvalue weighted by Gasteiger charge is -2.33. The molecule has 0 radical (unpaired) electrons. The molecule has 2 aromatic heterocycles. The molecule has 0 N–H and O–H groups in total. The lowest BCUT2D eigenvalue weighted by molar-refractivity contribution is -0.134. The summed E-state index contributed by atoms with van der Waals surface area (Å²) >= 11 is 3.34. The van der Waals surface area contributed by atoms with Gasteiger partial charge < -0.3 is 14.2 Å². The summed E-state index contributed by atoms with van der Waals surface area (Å²) in [5, 5.41) is 9.49. The fourth-order valence-corrected chi connectivity index (χ4v) is 6.38. The van der Waals surface area contributed by atoms with E-state index < -0.39 is 0 Å². The van der Waals surface area contributed by atoms with Gasteiger partial charge >= 0.3 is 0 Å². The topological polar surface area (TPSA) is 60.2 Å². The molecular weight excluding hydrogens is 416 g/mol. The summed E-state index contributed by atoms with van der Waals surface area (Å²) in [6, 6.07) is 2.32. The Hall–Kier alpha value is -1.38. The monoisotopic (exact) mass is 448 g/mol. The van der Waals surface area contributed by atoms with E-state index in [0.29, 0.717) is 31.7 Å². The van der Waals surface area contributed by atoms with Crippen LogP contribution >= 0.6 is 23.1 Å². The minimum absolute atomic E-state index is 0.146. The molecule has 164 valence electrons. The molecule has 2 unspecified atom stereocenters. The zero-order valence-corrected chi connectivity index (χ0v) is 20.2. The minimum Gasteiger partial charge on any atom is -0.378 e. The number of aromatic nitrogens is 3. The van der Waals surface area contributed by atoms with Gasteiger partial charge in [-0.3, -0.25) is 4.79 Å². The van der Waals surface area contributed by atoms with Crippen LogP contribution in [0.4, 0.5) is 0 Å². The second-order valence-electron chi connectivity index (χ2n) is 9.43. The first-order valence-electron chi connectivity index (χ1n) is 10.8. The molecule has 1 amide bonds. The maximum atomic E-state index is 12.7. The van der Waals surface area contributed by atoms with E-state index in [1.807, 2.05) is 34.8 Å². The Balaban J connectivity index is 1.47. The zero-order valence-electron chi connectivity index (χ0n) is 18.6. The molecule has 1 aliphatic heterocycles. The number of carbonyl (C=O) groups is 1. The highest BCUT2D eigenvalue weighted by Crippen LogP contribution is 2.42. The predicted molar refractivity (Wildman–Crippen MR) is 122 cm³/mol. The van der Waals surface area contributed by atoms with Crippen molar-refractivity contribution in [3.63, 3.8) is 0 Å². The molecule has 4 rings (SSSR count). The van der Waals surface area contributed by atoms with Crippen LogP contribution in [0.25, 0.3) is 10.7 Å². The molecule has 2 aromatic rings. The largest absolute Gasteiger partial charge is 0.378 e. The van der Waals surface area contributed by atoms with Gasteiger partial charge in [-0.05, 0) is 49.1 Å². The van der Waals surface area contributed by atoms with Crippen molar-refractivity contribution in [2.24, 2.45) is 18.4 Å². The van der Waals surface area contributed by atoms with Gasteiger partial charge in [0.15, 0.2) is 11.0 Å². The van der Waals surface area contributed by atoms with E-state index in [0.717, 1.165) is 29.7 Å². The van der Waals surface area contributed by atoms with Crippen LogP contribution in [0.2, 0.25) is 0 Å². The number of amides is 1. The SMILES string of the molecule is CC(Sc1nnc(-c2cc3c(s2)CCC(C(C)(C)C)C3)n1C)C(=O)N1CCOCC1. The highest BCUT2D eigenvalue weighted by molar-refractivity contribution is 8.00. The van der Waals surface area contributed by atoms with E-state index in [1.54, 1.807) is 0 Å². The molecule has 0 bridgehead atoms.